The second-order valence-corrected chi connectivity index (χ2v) is 3.79. The second kappa shape index (κ2) is 6.00. The van der Waals surface area contributed by atoms with E-state index in [-0.39, 0.29) is 12.1 Å². The van der Waals surface area contributed by atoms with Crippen LogP contribution in [-0.2, 0) is 0 Å². The van der Waals surface area contributed by atoms with Crippen LogP contribution in [0.5, 0.6) is 0 Å². The first-order valence-corrected chi connectivity index (χ1v) is 5.53. The lowest BCUT2D eigenvalue weighted by Gasteiger charge is -2.15. The molecule has 1 atom stereocenters. The molecule has 4 N–H and O–H groups in total. The zero-order valence-corrected chi connectivity index (χ0v) is 9.79. The summed E-state index contributed by atoms with van der Waals surface area (Å²) in [6.45, 7) is 4.64. The van der Waals surface area contributed by atoms with Crippen LogP contribution >= 0.6 is 0 Å². The third kappa shape index (κ3) is 3.81. The summed E-state index contributed by atoms with van der Waals surface area (Å²) in [6, 6.07) is 7.34. The van der Waals surface area contributed by atoms with Crippen LogP contribution in [0.1, 0.15) is 31.9 Å². The highest BCUT2D eigenvalue weighted by molar-refractivity contribution is 5.74. The van der Waals surface area contributed by atoms with Crippen molar-refractivity contribution < 1.29 is 4.79 Å². The van der Waals surface area contributed by atoms with Crippen LogP contribution in [0, 0.1) is 0 Å². The Hall–Kier alpha value is -1.71. The van der Waals surface area contributed by atoms with Crippen LogP contribution in [-0.4, -0.2) is 12.6 Å². The third-order valence-electron chi connectivity index (χ3n) is 2.29. The maximum atomic E-state index is 11.4. The van der Waals surface area contributed by atoms with E-state index in [0.29, 0.717) is 12.2 Å². The van der Waals surface area contributed by atoms with Gasteiger partial charge >= 0.3 is 6.03 Å². The molecular weight excluding hydrogens is 202 g/mol. The molecule has 0 spiro atoms. The van der Waals surface area contributed by atoms with E-state index >= 15 is 0 Å². The van der Waals surface area contributed by atoms with Crippen molar-refractivity contribution in [3.63, 3.8) is 0 Å². The van der Waals surface area contributed by atoms with Gasteiger partial charge in [-0.3, -0.25) is 0 Å². The molecule has 1 aromatic carbocycles. The average Bonchev–Trinajstić information content (AvgIpc) is 2.26. The fourth-order valence-electron chi connectivity index (χ4n) is 1.40. The number of nitrogens with one attached hydrogen (secondary N) is 2. The molecule has 1 rings (SSSR count). The summed E-state index contributed by atoms with van der Waals surface area (Å²) < 4.78 is 0. The van der Waals surface area contributed by atoms with Crippen molar-refractivity contribution in [3.8, 4) is 0 Å². The van der Waals surface area contributed by atoms with Gasteiger partial charge in [-0.1, -0.05) is 19.1 Å². The predicted molar refractivity (Wildman–Crippen MR) is 66.1 cm³/mol. The molecule has 16 heavy (non-hydrogen) atoms. The summed E-state index contributed by atoms with van der Waals surface area (Å²) in [5, 5.41) is 5.62. The fourth-order valence-corrected chi connectivity index (χ4v) is 1.40. The summed E-state index contributed by atoms with van der Waals surface area (Å²) in [4.78, 5) is 11.4. The first kappa shape index (κ1) is 12.4. The number of rotatable bonds is 4. The Balaban J connectivity index is 2.52. The molecule has 4 heteroatoms. The van der Waals surface area contributed by atoms with Gasteiger partial charge in [0.1, 0.15) is 0 Å². The highest BCUT2D eigenvalue weighted by Crippen LogP contribution is 2.14. The van der Waals surface area contributed by atoms with E-state index in [1.54, 1.807) is 0 Å². The zero-order valence-electron chi connectivity index (χ0n) is 9.79. The van der Waals surface area contributed by atoms with Crippen LogP contribution in [0.2, 0.25) is 0 Å². The molecule has 2 amide bonds. The number of nitrogen functional groups attached to an aromatic ring is 1. The number of hydrogen-bond acceptors (Lipinski definition) is 2. The lowest BCUT2D eigenvalue weighted by atomic mass is 10.1. The summed E-state index contributed by atoms with van der Waals surface area (Å²) in [7, 11) is 0. The van der Waals surface area contributed by atoms with Gasteiger partial charge in [0.2, 0.25) is 0 Å². The highest BCUT2D eigenvalue weighted by atomic mass is 16.2. The van der Waals surface area contributed by atoms with Crippen molar-refractivity contribution in [1.82, 2.24) is 10.6 Å². The normalized spacial score (nSPS) is 11.9. The molecule has 0 saturated heterocycles. The molecule has 88 valence electrons. The van der Waals surface area contributed by atoms with E-state index in [2.05, 4.69) is 10.6 Å². The lowest BCUT2D eigenvalue weighted by Crippen LogP contribution is -2.37. The van der Waals surface area contributed by atoms with Crippen molar-refractivity contribution in [2.24, 2.45) is 0 Å². The van der Waals surface area contributed by atoms with E-state index in [0.717, 1.165) is 12.0 Å². The fraction of sp³-hybridized carbons (Fsp3) is 0.417. The molecule has 1 aromatic rings. The molecule has 0 saturated carbocycles. The molecule has 1 unspecified atom stereocenters. The average molecular weight is 221 g/mol. The highest BCUT2D eigenvalue weighted by Gasteiger charge is 2.08. The SMILES string of the molecule is CCCNC(=O)NC(C)c1cccc(N)c1. The smallest absolute Gasteiger partial charge is 0.315 e. The van der Waals surface area contributed by atoms with Crippen molar-refractivity contribution in [3.05, 3.63) is 29.8 Å². The molecule has 0 bridgehead atoms. The number of urea groups is 1. The van der Waals surface area contributed by atoms with Gasteiger partial charge in [-0.15, -0.1) is 0 Å². The summed E-state index contributed by atoms with van der Waals surface area (Å²) in [6.07, 6.45) is 0.931. The number of anilines is 1. The Bertz CT molecular complexity index is 352. The number of carbonyl (C=O) groups excluding carboxylic acids is 1. The largest absolute Gasteiger partial charge is 0.399 e. The standard InChI is InChI=1S/C12H19N3O/c1-3-7-14-12(16)15-9(2)10-5-4-6-11(13)8-10/h4-6,8-9H,3,7,13H2,1-2H3,(H2,14,15,16). The van der Waals surface area contributed by atoms with E-state index in [1.807, 2.05) is 38.1 Å². The van der Waals surface area contributed by atoms with Gasteiger partial charge in [-0.05, 0) is 31.0 Å². The van der Waals surface area contributed by atoms with Gasteiger partial charge in [0.05, 0.1) is 6.04 Å². The molecule has 0 radical (unpaired) electrons. The molecule has 0 aliphatic rings. The van der Waals surface area contributed by atoms with Crippen molar-refractivity contribution in [1.29, 1.82) is 0 Å². The molecule has 0 aromatic heterocycles. The zero-order chi connectivity index (χ0) is 12.0. The monoisotopic (exact) mass is 221 g/mol. The molecule has 4 nitrogen and oxygen atoms in total. The quantitative estimate of drug-likeness (QED) is 0.681. The minimum atomic E-state index is -0.142. The van der Waals surface area contributed by atoms with Crippen LogP contribution in [0.15, 0.2) is 24.3 Å². The van der Waals surface area contributed by atoms with Gasteiger partial charge < -0.3 is 16.4 Å². The van der Waals surface area contributed by atoms with E-state index in [1.165, 1.54) is 0 Å². The van der Waals surface area contributed by atoms with E-state index < -0.39 is 0 Å². The van der Waals surface area contributed by atoms with Crippen molar-refractivity contribution in [2.75, 3.05) is 12.3 Å². The Labute approximate surface area is 96.2 Å². The second-order valence-electron chi connectivity index (χ2n) is 3.79. The Morgan fingerprint density at radius 3 is 2.88 bits per heavy atom. The Morgan fingerprint density at radius 2 is 2.25 bits per heavy atom. The van der Waals surface area contributed by atoms with Gasteiger partial charge in [0, 0.05) is 12.2 Å². The van der Waals surface area contributed by atoms with Crippen LogP contribution in [0.25, 0.3) is 0 Å². The number of carbonyl (C=O) groups is 1. The van der Waals surface area contributed by atoms with Gasteiger partial charge in [0.25, 0.3) is 0 Å². The number of nitrogens with two attached hydrogens (primary N) is 1. The lowest BCUT2D eigenvalue weighted by molar-refractivity contribution is 0.238. The van der Waals surface area contributed by atoms with E-state index in [9.17, 15) is 4.79 Å². The number of hydrogen-bond donors (Lipinski definition) is 3. The number of benzene rings is 1. The molecule has 0 aliphatic heterocycles. The number of amides is 2. The summed E-state index contributed by atoms with van der Waals surface area (Å²) in [5.74, 6) is 0. The van der Waals surface area contributed by atoms with Gasteiger partial charge in [-0.2, -0.15) is 0 Å². The maximum absolute atomic E-state index is 11.4. The molecular formula is C12H19N3O. The first-order chi connectivity index (χ1) is 7.63. The topological polar surface area (TPSA) is 67.2 Å². The maximum Gasteiger partial charge on any atom is 0.315 e. The summed E-state index contributed by atoms with van der Waals surface area (Å²) >= 11 is 0. The van der Waals surface area contributed by atoms with Gasteiger partial charge in [0.15, 0.2) is 0 Å². The van der Waals surface area contributed by atoms with Gasteiger partial charge in [-0.25, -0.2) is 4.79 Å². The van der Waals surface area contributed by atoms with Crippen LogP contribution in [0.3, 0.4) is 0 Å². The molecule has 0 heterocycles. The van der Waals surface area contributed by atoms with Crippen molar-refractivity contribution in [2.45, 2.75) is 26.3 Å². The predicted octanol–water partition coefficient (Wildman–Crippen LogP) is 2.04. The third-order valence-corrected chi connectivity index (χ3v) is 2.29. The van der Waals surface area contributed by atoms with Crippen LogP contribution < -0.4 is 16.4 Å². The Morgan fingerprint density at radius 1 is 1.50 bits per heavy atom. The van der Waals surface area contributed by atoms with Crippen molar-refractivity contribution >= 4 is 11.7 Å². The first-order valence-electron chi connectivity index (χ1n) is 5.53. The Kier molecular flexibility index (Phi) is 4.64. The van der Waals surface area contributed by atoms with E-state index in [4.69, 9.17) is 5.73 Å². The van der Waals surface area contributed by atoms with Crippen LogP contribution in [0.4, 0.5) is 10.5 Å². The molecule has 0 fully saturated rings. The minimum absolute atomic E-state index is 0.0413. The summed E-state index contributed by atoms with van der Waals surface area (Å²) in [5.41, 5.74) is 7.39. The molecule has 0 aliphatic carbocycles. The minimum Gasteiger partial charge on any atom is -0.399 e.